The molecule has 0 saturated heterocycles. The van der Waals surface area contributed by atoms with Crippen LogP contribution in [0.25, 0.3) is 0 Å². The van der Waals surface area contributed by atoms with Crippen LogP contribution in [0.15, 0.2) is 41.2 Å². The van der Waals surface area contributed by atoms with Crippen LogP contribution in [0.3, 0.4) is 0 Å². The number of nitrogens with one attached hydrogen (secondary N) is 2. The summed E-state index contributed by atoms with van der Waals surface area (Å²) in [5.74, 6) is -0.443. The van der Waals surface area contributed by atoms with Crippen molar-refractivity contribution in [1.29, 1.82) is 0 Å². The highest BCUT2D eigenvalue weighted by Gasteiger charge is 2.10. The molecule has 0 unspecified atom stereocenters. The van der Waals surface area contributed by atoms with Gasteiger partial charge in [-0.05, 0) is 43.2 Å². The van der Waals surface area contributed by atoms with Crippen LogP contribution >= 0.6 is 0 Å². The molecule has 0 saturated carbocycles. The lowest BCUT2D eigenvalue weighted by Gasteiger charge is -2.06. The van der Waals surface area contributed by atoms with Crippen LogP contribution in [-0.2, 0) is 6.42 Å². The smallest absolute Gasteiger partial charge is 0.261 e. The maximum absolute atomic E-state index is 12.0. The van der Waals surface area contributed by atoms with Gasteiger partial charge in [0.2, 0.25) is 0 Å². The minimum Gasteiger partial charge on any atom is -0.396 e. The topological polar surface area (TPSA) is 82.2 Å². The van der Waals surface area contributed by atoms with E-state index < -0.39 is 11.5 Å². The second-order valence-electron chi connectivity index (χ2n) is 4.51. The molecule has 1 aromatic heterocycles. The second-order valence-corrected chi connectivity index (χ2v) is 4.51. The summed E-state index contributed by atoms with van der Waals surface area (Å²) in [7, 11) is 0. The van der Waals surface area contributed by atoms with Crippen LogP contribution in [0.5, 0.6) is 0 Å². The maximum Gasteiger partial charge on any atom is 0.261 e. The molecule has 5 heteroatoms. The number of aromatic nitrogens is 1. The van der Waals surface area contributed by atoms with Gasteiger partial charge in [-0.2, -0.15) is 0 Å². The van der Waals surface area contributed by atoms with E-state index in [1.807, 2.05) is 12.1 Å². The highest BCUT2D eigenvalue weighted by atomic mass is 16.3. The lowest BCUT2D eigenvalue weighted by atomic mass is 10.1. The molecule has 2 aromatic rings. The van der Waals surface area contributed by atoms with Crippen LogP contribution in [0.4, 0.5) is 5.69 Å². The number of hydrogen-bond donors (Lipinski definition) is 3. The Kier molecular flexibility index (Phi) is 4.32. The molecule has 0 aliphatic rings. The Morgan fingerprint density at radius 1 is 1.20 bits per heavy atom. The van der Waals surface area contributed by atoms with E-state index in [0.29, 0.717) is 17.8 Å². The molecule has 0 aliphatic carbocycles. The lowest BCUT2D eigenvalue weighted by Crippen LogP contribution is -2.23. The minimum atomic E-state index is -0.443. The number of amides is 1. The fourth-order valence-electron chi connectivity index (χ4n) is 1.83. The number of pyridine rings is 1. The minimum absolute atomic E-state index is 0.0787. The Bertz CT molecular complexity index is 660. The number of carbonyl (C=O) groups excluding carboxylic acids is 1. The number of carbonyl (C=O) groups is 1. The van der Waals surface area contributed by atoms with Crippen molar-refractivity contribution < 1.29 is 9.90 Å². The third-order valence-electron chi connectivity index (χ3n) is 2.91. The first-order valence-electron chi connectivity index (χ1n) is 6.31. The summed E-state index contributed by atoms with van der Waals surface area (Å²) in [5, 5.41) is 11.5. The molecular formula is C15H16N2O3. The quantitative estimate of drug-likeness (QED) is 0.788. The van der Waals surface area contributed by atoms with E-state index in [9.17, 15) is 9.59 Å². The zero-order valence-electron chi connectivity index (χ0n) is 11.1. The number of hydrogen-bond acceptors (Lipinski definition) is 3. The maximum atomic E-state index is 12.0. The van der Waals surface area contributed by atoms with Gasteiger partial charge in [-0.15, -0.1) is 0 Å². The molecule has 1 heterocycles. The van der Waals surface area contributed by atoms with Gasteiger partial charge in [0, 0.05) is 18.0 Å². The highest BCUT2D eigenvalue weighted by molar-refractivity contribution is 6.03. The van der Waals surface area contributed by atoms with Crippen molar-refractivity contribution in [1.82, 2.24) is 4.98 Å². The van der Waals surface area contributed by atoms with E-state index in [0.717, 1.165) is 5.56 Å². The van der Waals surface area contributed by atoms with Crippen molar-refractivity contribution in [3.63, 3.8) is 0 Å². The summed E-state index contributed by atoms with van der Waals surface area (Å²) in [6.07, 6.45) is 0.575. The Balaban J connectivity index is 2.13. The Morgan fingerprint density at radius 3 is 2.50 bits per heavy atom. The van der Waals surface area contributed by atoms with Gasteiger partial charge in [0.05, 0.1) is 0 Å². The molecule has 3 N–H and O–H groups in total. The van der Waals surface area contributed by atoms with Crippen molar-refractivity contribution in [2.45, 2.75) is 13.3 Å². The fourth-order valence-corrected chi connectivity index (χ4v) is 1.83. The molecule has 0 spiro atoms. The lowest BCUT2D eigenvalue weighted by molar-refractivity contribution is 0.102. The number of anilines is 1. The van der Waals surface area contributed by atoms with Crippen LogP contribution in [-0.4, -0.2) is 22.6 Å². The number of aliphatic hydroxyl groups excluding tert-OH is 1. The van der Waals surface area contributed by atoms with E-state index in [4.69, 9.17) is 5.11 Å². The van der Waals surface area contributed by atoms with Crippen molar-refractivity contribution >= 4 is 11.6 Å². The summed E-state index contributed by atoms with van der Waals surface area (Å²) in [5.41, 5.74) is 1.98. The van der Waals surface area contributed by atoms with Gasteiger partial charge in [-0.25, -0.2) is 0 Å². The third kappa shape index (κ3) is 3.33. The van der Waals surface area contributed by atoms with Gasteiger partial charge >= 0.3 is 0 Å². The first-order chi connectivity index (χ1) is 9.60. The standard InChI is InChI=1S/C15H16N2O3/c1-10-2-7-13(14(19)16-10)15(20)17-12-5-3-11(4-6-12)8-9-18/h2-7,18H,8-9H2,1H3,(H,16,19)(H,17,20). The zero-order valence-corrected chi connectivity index (χ0v) is 11.1. The monoisotopic (exact) mass is 272 g/mol. The molecule has 0 fully saturated rings. The summed E-state index contributed by atoms with van der Waals surface area (Å²) in [6, 6.07) is 10.3. The van der Waals surface area contributed by atoms with Crippen LogP contribution in [0.1, 0.15) is 21.6 Å². The van der Waals surface area contributed by atoms with E-state index in [2.05, 4.69) is 10.3 Å². The molecule has 20 heavy (non-hydrogen) atoms. The van der Waals surface area contributed by atoms with Crippen LogP contribution < -0.4 is 10.9 Å². The van der Waals surface area contributed by atoms with Crippen molar-refractivity contribution in [2.24, 2.45) is 0 Å². The molecule has 1 aromatic carbocycles. The first-order valence-corrected chi connectivity index (χ1v) is 6.31. The molecule has 104 valence electrons. The zero-order chi connectivity index (χ0) is 14.5. The molecule has 0 aliphatic heterocycles. The second kappa shape index (κ2) is 6.16. The van der Waals surface area contributed by atoms with Gasteiger partial charge in [-0.3, -0.25) is 9.59 Å². The number of aryl methyl sites for hydroxylation is 1. The van der Waals surface area contributed by atoms with Crippen molar-refractivity contribution in [3.8, 4) is 0 Å². The summed E-state index contributed by atoms with van der Waals surface area (Å²) in [6.45, 7) is 1.84. The van der Waals surface area contributed by atoms with Gasteiger partial charge in [0.1, 0.15) is 5.56 Å². The number of aromatic amines is 1. The van der Waals surface area contributed by atoms with Crippen molar-refractivity contribution in [2.75, 3.05) is 11.9 Å². The average Bonchev–Trinajstić information content (AvgIpc) is 2.41. The Labute approximate surface area is 116 Å². The van der Waals surface area contributed by atoms with Gasteiger partial charge in [0.25, 0.3) is 11.5 Å². The molecule has 1 amide bonds. The van der Waals surface area contributed by atoms with Gasteiger partial charge < -0.3 is 15.4 Å². The van der Waals surface area contributed by atoms with Crippen LogP contribution in [0, 0.1) is 6.92 Å². The molecule has 0 radical (unpaired) electrons. The Morgan fingerprint density at radius 2 is 1.90 bits per heavy atom. The third-order valence-corrected chi connectivity index (χ3v) is 2.91. The molecule has 0 bridgehead atoms. The highest BCUT2D eigenvalue weighted by Crippen LogP contribution is 2.11. The number of benzene rings is 1. The number of rotatable bonds is 4. The summed E-state index contributed by atoms with van der Waals surface area (Å²) >= 11 is 0. The van der Waals surface area contributed by atoms with Crippen LogP contribution in [0.2, 0.25) is 0 Å². The van der Waals surface area contributed by atoms with E-state index >= 15 is 0 Å². The van der Waals surface area contributed by atoms with E-state index in [1.54, 1.807) is 25.1 Å². The molecular weight excluding hydrogens is 256 g/mol. The van der Waals surface area contributed by atoms with Gasteiger partial charge in [0.15, 0.2) is 0 Å². The van der Waals surface area contributed by atoms with Crippen molar-refractivity contribution in [3.05, 3.63) is 63.6 Å². The summed E-state index contributed by atoms with van der Waals surface area (Å²) < 4.78 is 0. The molecule has 2 rings (SSSR count). The average molecular weight is 272 g/mol. The predicted molar refractivity (Wildman–Crippen MR) is 77.0 cm³/mol. The predicted octanol–water partition coefficient (Wildman–Crippen LogP) is 1.47. The largest absolute Gasteiger partial charge is 0.396 e. The SMILES string of the molecule is Cc1ccc(C(=O)Nc2ccc(CCO)cc2)c(=O)[nH]1. The normalized spacial score (nSPS) is 10.3. The summed E-state index contributed by atoms with van der Waals surface area (Å²) in [4.78, 5) is 26.2. The molecule has 5 nitrogen and oxygen atoms in total. The number of aliphatic hydroxyl groups is 1. The van der Waals surface area contributed by atoms with E-state index in [1.165, 1.54) is 6.07 Å². The number of H-pyrrole nitrogens is 1. The fraction of sp³-hybridized carbons (Fsp3) is 0.200. The molecule has 0 atom stereocenters. The Hall–Kier alpha value is -2.40. The van der Waals surface area contributed by atoms with E-state index in [-0.39, 0.29) is 12.2 Å². The van der Waals surface area contributed by atoms with Gasteiger partial charge in [-0.1, -0.05) is 12.1 Å². The first kappa shape index (κ1) is 14.0.